The zero-order valence-electron chi connectivity index (χ0n) is 21.5. The van der Waals surface area contributed by atoms with Gasteiger partial charge in [-0.25, -0.2) is 19.3 Å². The molecule has 186 valence electrons. The van der Waals surface area contributed by atoms with Gasteiger partial charge in [0.1, 0.15) is 22.7 Å². The van der Waals surface area contributed by atoms with Crippen molar-refractivity contribution in [2.75, 3.05) is 20.2 Å². The number of nitrogens with zero attached hydrogens (tertiary/aromatic N) is 6. The Morgan fingerprint density at radius 2 is 1.83 bits per heavy atom. The number of hydrogen-bond donors (Lipinski definition) is 0. The summed E-state index contributed by atoms with van der Waals surface area (Å²) in [6.45, 7) is 10.6. The van der Waals surface area contributed by atoms with Crippen molar-refractivity contribution in [1.29, 1.82) is 0 Å². The number of methoxy groups -OCH3 is 1. The highest BCUT2D eigenvalue weighted by Crippen LogP contribution is 2.32. The van der Waals surface area contributed by atoms with Crippen molar-refractivity contribution in [3.8, 4) is 17.1 Å². The molecule has 0 spiro atoms. The van der Waals surface area contributed by atoms with Gasteiger partial charge in [-0.15, -0.1) is 0 Å². The summed E-state index contributed by atoms with van der Waals surface area (Å²) >= 11 is 0. The molecule has 0 atom stereocenters. The van der Waals surface area contributed by atoms with Crippen LogP contribution in [0, 0.1) is 13.8 Å². The summed E-state index contributed by atoms with van der Waals surface area (Å²) in [4.78, 5) is 28.3. The minimum atomic E-state index is -0.510. The van der Waals surface area contributed by atoms with Crippen LogP contribution in [0.2, 0.25) is 0 Å². The van der Waals surface area contributed by atoms with E-state index in [1.165, 1.54) is 0 Å². The first-order chi connectivity index (χ1) is 17.1. The zero-order chi connectivity index (χ0) is 25.6. The first kappa shape index (κ1) is 23.7. The number of carbonyl (C=O) groups excluding carboxylic acids is 1. The van der Waals surface area contributed by atoms with E-state index in [0.717, 1.165) is 39.2 Å². The standard InChI is InChI=1S/C27H30N6O3/c1-16-15-33-23(17(2)28-16)13-22(31-33)25-24(35-6)14-21-20(30-25)8-7-19(29-21)18-9-11-32(12-10-18)26(34)36-27(3,4)5/h7-9,13-15H,10-12H2,1-6H3. The summed E-state index contributed by atoms with van der Waals surface area (Å²) in [5.41, 5.74) is 7.05. The number of carbonyl (C=O) groups is 1. The fourth-order valence-corrected chi connectivity index (χ4v) is 4.35. The van der Waals surface area contributed by atoms with Gasteiger partial charge in [-0.2, -0.15) is 5.10 Å². The predicted molar refractivity (Wildman–Crippen MR) is 138 cm³/mol. The molecule has 0 saturated carbocycles. The highest BCUT2D eigenvalue weighted by Gasteiger charge is 2.24. The van der Waals surface area contributed by atoms with Gasteiger partial charge in [0.25, 0.3) is 0 Å². The number of aryl methyl sites for hydroxylation is 2. The van der Waals surface area contributed by atoms with Gasteiger partial charge in [0.2, 0.25) is 0 Å². The predicted octanol–water partition coefficient (Wildman–Crippen LogP) is 4.99. The minimum absolute atomic E-state index is 0.293. The van der Waals surface area contributed by atoms with Crippen LogP contribution in [0.4, 0.5) is 4.79 Å². The lowest BCUT2D eigenvalue weighted by Gasteiger charge is -2.29. The monoisotopic (exact) mass is 486 g/mol. The van der Waals surface area contributed by atoms with Gasteiger partial charge in [0.05, 0.1) is 46.9 Å². The van der Waals surface area contributed by atoms with Crippen LogP contribution in [0.15, 0.2) is 36.5 Å². The molecular formula is C27H30N6O3. The lowest BCUT2D eigenvalue weighted by Crippen LogP contribution is -2.39. The molecule has 0 bridgehead atoms. The van der Waals surface area contributed by atoms with E-state index < -0.39 is 5.60 Å². The van der Waals surface area contributed by atoms with Crippen LogP contribution >= 0.6 is 0 Å². The molecule has 0 radical (unpaired) electrons. The quantitative estimate of drug-likeness (QED) is 0.403. The Kier molecular flexibility index (Phi) is 5.86. The van der Waals surface area contributed by atoms with Crippen molar-refractivity contribution in [1.82, 2.24) is 29.5 Å². The summed E-state index contributed by atoms with van der Waals surface area (Å²) in [5.74, 6) is 0.603. The Balaban J connectivity index is 1.45. The Morgan fingerprint density at radius 3 is 2.53 bits per heavy atom. The van der Waals surface area contributed by atoms with Gasteiger partial charge >= 0.3 is 6.09 Å². The van der Waals surface area contributed by atoms with Crippen LogP contribution in [0.1, 0.15) is 44.3 Å². The highest BCUT2D eigenvalue weighted by atomic mass is 16.6. The van der Waals surface area contributed by atoms with Gasteiger partial charge < -0.3 is 14.4 Å². The third-order valence-corrected chi connectivity index (χ3v) is 6.05. The Bertz CT molecular complexity index is 1520. The van der Waals surface area contributed by atoms with Crippen LogP contribution in [0.25, 0.3) is 33.5 Å². The normalized spacial score (nSPS) is 14.3. The van der Waals surface area contributed by atoms with Gasteiger partial charge in [0, 0.05) is 19.2 Å². The van der Waals surface area contributed by atoms with E-state index >= 15 is 0 Å². The second-order valence-corrected chi connectivity index (χ2v) is 10.0. The first-order valence-corrected chi connectivity index (χ1v) is 12.0. The van der Waals surface area contributed by atoms with E-state index in [1.807, 2.05) is 75.7 Å². The second-order valence-electron chi connectivity index (χ2n) is 10.0. The highest BCUT2D eigenvalue weighted by molar-refractivity contribution is 5.84. The molecular weight excluding hydrogens is 456 g/mol. The Morgan fingerprint density at radius 1 is 1.03 bits per heavy atom. The van der Waals surface area contributed by atoms with Crippen molar-refractivity contribution in [2.45, 2.75) is 46.6 Å². The topological polar surface area (TPSA) is 94.7 Å². The fraction of sp³-hybridized carbons (Fsp3) is 0.370. The average molecular weight is 487 g/mol. The molecule has 9 nitrogen and oxygen atoms in total. The molecule has 0 saturated heterocycles. The Labute approximate surface area is 209 Å². The van der Waals surface area contributed by atoms with Crippen LogP contribution in [0.5, 0.6) is 5.75 Å². The fourth-order valence-electron chi connectivity index (χ4n) is 4.35. The van der Waals surface area contributed by atoms with Crippen LogP contribution in [-0.4, -0.2) is 61.4 Å². The number of aromatic nitrogens is 5. The maximum absolute atomic E-state index is 12.4. The van der Waals surface area contributed by atoms with Crippen molar-refractivity contribution in [3.05, 3.63) is 53.6 Å². The van der Waals surface area contributed by atoms with Gasteiger partial charge in [-0.1, -0.05) is 6.08 Å². The van der Waals surface area contributed by atoms with E-state index in [9.17, 15) is 4.79 Å². The van der Waals surface area contributed by atoms with Crippen LogP contribution in [-0.2, 0) is 4.74 Å². The molecule has 1 aliphatic rings. The molecule has 0 aromatic carbocycles. The summed E-state index contributed by atoms with van der Waals surface area (Å²) in [7, 11) is 1.62. The molecule has 4 aromatic heterocycles. The lowest BCUT2D eigenvalue weighted by atomic mass is 10.0. The van der Waals surface area contributed by atoms with Crippen molar-refractivity contribution in [2.24, 2.45) is 0 Å². The zero-order valence-corrected chi connectivity index (χ0v) is 21.5. The van der Waals surface area contributed by atoms with Crippen molar-refractivity contribution < 1.29 is 14.3 Å². The minimum Gasteiger partial charge on any atom is -0.494 e. The summed E-state index contributed by atoms with van der Waals surface area (Å²) in [6.07, 6.45) is 4.35. The molecule has 1 aliphatic heterocycles. The Hall–Kier alpha value is -4.01. The van der Waals surface area contributed by atoms with Crippen molar-refractivity contribution >= 4 is 28.2 Å². The van der Waals surface area contributed by atoms with E-state index in [4.69, 9.17) is 24.5 Å². The number of ether oxygens (including phenoxy) is 2. The molecule has 5 heterocycles. The van der Waals surface area contributed by atoms with Gasteiger partial charge in [-0.3, -0.25) is 4.98 Å². The molecule has 36 heavy (non-hydrogen) atoms. The van der Waals surface area contributed by atoms with Crippen LogP contribution in [0.3, 0.4) is 0 Å². The number of hydrogen-bond acceptors (Lipinski definition) is 7. The van der Waals surface area contributed by atoms with Crippen LogP contribution < -0.4 is 4.74 Å². The summed E-state index contributed by atoms with van der Waals surface area (Å²) in [5, 5.41) is 4.72. The number of fused-ring (bicyclic) bond motifs is 2. The molecule has 5 rings (SSSR count). The third-order valence-electron chi connectivity index (χ3n) is 6.05. The lowest BCUT2D eigenvalue weighted by molar-refractivity contribution is 0.0270. The molecule has 0 N–H and O–H groups in total. The molecule has 9 heteroatoms. The third kappa shape index (κ3) is 4.60. The largest absolute Gasteiger partial charge is 0.494 e. The summed E-state index contributed by atoms with van der Waals surface area (Å²) < 4.78 is 13.0. The van der Waals surface area contributed by atoms with E-state index in [-0.39, 0.29) is 6.09 Å². The van der Waals surface area contributed by atoms with E-state index in [2.05, 4.69) is 4.98 Å². The second kappa shape index (κ2) is 8.89. The maximum Gasteiger partial charge on any atom is 0.410 e. The molecule has 1 amide bonds. The maximum atomic E-state index is 12.4. The SMILES string of the molecule is COc1cc2nc(C3=CCN(C(=O)OC(C)(C)C)CC3)ccc2nc1-c1cc2c(C)nc(C)cn2n1. The number of pyridine rings is 2. The van der Waals surface area contributed by atoms with E-state index in [0.29, 0.717) is 36.6 Å². The van der Waals surface area contributed by atoms with Gasteiger partial charge in [0.15, 0.2) is 0 Å². The molecule has 0 fully saturated rings. The molecule has 4 aromatic rings. The first-order valence-electron chi connectivity index (χ1n) is 12.0. The molecule has 0 aliphatic carbocycles. The average Bonchev–Trinajstić information content (AvgIpc) is 3.26. The summed E-state index contributed by atoms with van der Waals surface area (Å²) in [6, 6.07) is 7.82. The van der Waals surface area contributed by atoms with E-state index in [1.54, 1.807) is 12.0 Å². The number of amides is 1. The van der Waals surface area contributed by atoms with Crippen molar-refractivity contribution in [3.63, 3.8) is 0 Å². The number of rotatable bonds is 3. The smallest absolute Gasteiger partial charge is 0.410 e. The van der Waals surface area contributed by atoms with Gasteiger partial charge in [-0.05, 0) is 64.8 Å². The molecule has 0 unspecified atom stereocenters.